The van der Waals surface area contributed by atoms with Crippen molar-refractivity contribution >= 4 is 22.0 Å². The lowest BCUT2D eigenvalue weighted by Crippen LogP contribution is -2.41. The van der Waals surface area contributed by atoms with Gasteiger partial charge in [-0.1, -0.05) is 25.5 Å². The fourth-order valence-electron chi connectivity index (χ4n) is 3.85. The number of nitrogens with zero attached hydrogens (tertiary/aromatic N) is 2. The molecular formula is C20H29N3O5S. The Balaban J connectivity index is 1.46. The van der Waals surface area contributed by atoms with Gasteiger partial charge in [-0.25, -0.2) is 17.5 Å². The minimum absolute atomic E-state index is 0.0924. The van der Waals surface area contributed by atoms with Gasteiger partial charge in [0, 0.05) is 25.7 Å². The van der Waals surface area contributed by atoms with E-state index in [1.54, 1.807) is 18.2 Å². The van der Waals surface area contributed by atoms with E-state index in [-0.39, 0.29) is 23.0 Å². The van der Waals surface area contributed by atoms with Crippen molar-refractivity contribution in [2.45, 2.75) is 50.0 Å². The van der Waals surface area contributed by atoms with E-state index >= 15 is 0 Å². The predicted octanol–water partition coefficient (Wildman–Crippen LogP) is 2.21. The summed E-state index contributed by atoms with van der Waals surface area (Å²) in [6.45, 7) is 4.71. The van der Waals surface area contributed by atoms with E-state index in [1.807, 2.05) is 6.92 Å². The van der Waals surface area contributed by atoms with Crippen LogP contribution in [0.1, 0.15) is 49.4 Å². The van der Waals surface area contributed by atoms with E-state index in [0.717, 1.165) is 36.5 Å². The third kappa shape index (κ3) is 4.90. The molecule has 0 aromatic heterocycles. The quantitative estimate of drug-likeness (QED) is 0.612. The van der Waals surface area contributed by atoms with Crippen LogP contribution in [0.2, 0.25) is 0 Å². The number of alkyl carbamates (subject to hydrolysis) is 1. The lowest BCUT2D eigenvalue weighted by atomic mass is 10.2. The van der Waals surface area contributed by atoms with Gasteiger partial charge in [0.05, 0.1) is 12.2 Å². The molecular weight excluding hydrogens is 394 g/mol. The van der Waals surface area contributed by atoms with Crippen molar-refractivity contribution in [2.24, 2.45) is 0 Å². The standard InChI is InChI=1S/C20H29N3O5S/c1-2-3-14-28-20(25)21-15-16-8-6-11-22(16)12-7-13-23-19(24)17-9-4-5-10-18(17)29(23,26)27/h4-5,9-10,16H,2-3,6-8,11-15H2,1H3,(H,21,25). The first-order valence-electron chi connectivity index (χ1n) is 10.3. The van der Waals surface area contributed by atoms with Crippen LogP contribution in [-0.2, 0) is 14.8 Å². The van der Waals surface area contributed by atoms with E-state index in [2.05, 4.69) is 10.2 Å². The Kier molecular flexibility index (Phi) is 7.13. The summed E-state index contributed by atoms with van der Waals surface area (Å²) in [6.07, 6.45) is 3.99. The lowest BCUT2D eigenvalue weighted by molar-refractivity contribution is 0.0865. The lowest BCUT2D eigenvalue weighted by Gasteiger charge is -2.25. The first kappa shape index (κ1) is 21.6. The number of rotatable bonds is 9. The van der Waals surface area contributed by atoms with Crippen molar-refractivity contribution in [1.29, 1.82) is 0 Å². The van der Waals surface area contributed by atoms with Crippen LogP contribution in [0.15, 0.2) is 29.2 Å². The summed E-state index contributed by atoms with van der Waals surface area (Å²) in [5.74, 6) is -0.449. The number of carbonyl (C=O) groups excluding carboxylic acids is 2. The fraction of sp³-hybridized carbons (Fsp3) is 0.600. The van der Waals surface area contributed by atoms with Gasteiger partial charge >= 0.3 is 6.09 Å². The van der Waals surface area contributed by atoms with Crippen molar-refractivity contribution in [1.82, 2.24) is 14.5 Å². The molecule has 2 aliphatic rings. The number of sulfonamides is 1. The molecule has 9 heteroatoms. The summed E-state index contributed by atoms with van der Waals surface area (Å²) in [5, 5.41) is 2.81. The van der Waals surface area contributed by atoms with Crippen LogP contribution >= 0.6 is 0 Å². The maximum Gasteiger partial charge on any atom is 0.407 e. The average Bonchev–Trinajstić information content (AvgIpc) is 3.23. The van der Waals surface area contributed by atoms with Crippen molar-refractivity contribution in [3.05, 3.63) is 29.8 Å². The van der Waals surface area contributed by atoms with Gasteiger partial charge in [-0.15, -0.1) is 0 Å². The largest absolute Gasteiger partial charge is 0.450 e. The van der Waals surface area contributed by atoms with Crippen LogP contribution in [0.4, 0.5) is 4.79 Å². The highest BCUT2D eigenvalue weighted by atomic mass is 32.2. The van der Waals surface area contributed by atoms with E-state index in [9.17, 15) is 18.0 Å². The van der Waals surface area contributed by atoms with Gasteiger partial charge in [-0.05, 0) is 44.4 Å². The second-order valence-corrected chi connectivity index (χ2v) is 9.27. The van der Waals surface area contributed by atoms with Gasteiger partial charge in [-0.2, -0.15) is 0 Å². The van der Waals surface area contributed by atoms with E-state index in [1.165, 1.54) is 6.07 Å². The molecule has 3 rings (SSSR count). The number of hydrogen-bond acceptors (Lipinski definition) is 6. The van der Waals surface area contributed by atoms with Crippen LogP contribution in [-0.4, -0.2) is 68.5 Å². The van der Waals surface area contributed by atoms with Gasteiger partial charge in [0.15, 0.2) is 0 Å². The molecule has 1 aromatic rings. The van der Waals surface area contributed by atoms with E-state index in [4.69, 9.17) is 4.74 Å². The molecule has 29 heavy (non-hydrogen) atoms. The summed E-state index contributed by atoms with van der Waals surface area (Å²) in [5.41, 5.74) is 0.248. The van der Waals surface area contributed by atoms with Crippen molar-refractivity contribution in [3.8, 4) is 0 Å². The second kappa shape index (κ2) is 9.58. The monoisotopic (exact) mass is 423 g/mol. The van der Waals surface area contributed by atoms with E-state index < -0.39 is 22.0 Å². The molecule has 2 heterocycles. The zero-order chi connectivity index (χ0) is 20.9. The number of likely N-dealkylation sites (tertiary alicyclic amines) is 1. The van der Waals surface area contributed by atoms with Crippen LogP contribution < -0.4 is 5.32 Å². The number of ether oxygens (including phenoxy) is 1. The Morgan fingerprint density at radius 1 is 1.24 bits per heavy atom. The van der Waals surface area contributed by atoms with Gasteiger partial charge < -0.3 is 10.1 Å². The number of unbranched alkanes of at least 4 members (excludes halogenated alkanes) is 1. The molecule has 1 saturated heterocycles. The summed E-state index contributed by atoms with van der Waals surface area (Å²) in [6, 6.07) is 6.53. The Bertz CT molecular complexity index is 842. The number of benzene rings is 1. The molecule has 0 saturated carbocycles. The predicted molar refractivity (Wildman–Crippen MR) is 108 cm³/mol. The maximum absolute atomic E-state index is 12.6. The highest BCUT2D eigenvalue weighted by Crippen LogP contribution is 2.30. The van der Waals surface area contributed by atoms with E-state index in [0.29, 0.717) is 26.1 Å². The van der Waals surface area contributed by atoms with Crippen LogP contribution in [0, 0.1) is 0 Å². The first-order chi connectivity index (χ1) is 13.9. The van der Waals surface area contributed by atoms with Crippen molar-refractivity contribution in [2.75, 3.05) is 32.8 Å². The molecule has 0 bridgehead atoms. The molecule has 2 amide bonds. The number of carbonyl (C=O) groups is 2. The molecule has 0 radical (unpaired) electrons. The van der Waals surface area contributed by atoms with Crippen LogP contribution in [0.25, 0.3) is 0 Å². The molecule has 1 fully saturated rings. The van der Waals surface area contributed by atoms with Gasteiger partial charge in [0.1, 0.15) is 4.90 Å². The van der Waals surface area contributed by atoms with Crippen molar-refractivity contribution in [3.63, 3.8) is 0 Å². The smallest absolute Gasteiger partial charge is 0.407 e. The number of hydrogen-bond donors (Lipinski definition) is 1. The van der Waals surface area contributed by atoms with Crippen LogP contribution in [0.5, 0.6) is 0 Å². The fourth-order valence-corrected chi connectivity index (χ4v) is 5.46. The molecule has 1 N–H and O–H groups in total. The first-order valence-corrected chi connectivity index (χ1v) is 11.7. The Morgan fingerprint density at radius 2 is 2.03 bits per heavy atom. The summed E-state index contributed by atoms with van der Waals surface area (Å²) >= 11 is 0. The molecule has 1 unspecified atom stereocenters. The van der Waals surface area contributed by atoms with Crippen LogP contribution in [0.3, 0.4) is 0 Å². The topological polar surface area (TPSA) is 96.0 Å². The Morgan fingerprint density at radius 3 is 2.79 bits per heavy atom. The summed E-state index contributed by atoms with van der Waals surface area (Å²) < 4.78 is 31.3. The zero-order valence-electron chi connectivity index (χ0n) is 16.8. The molecule has 160 valence electrons. The average molecular weight is 424 g/mol. The van der Waals surface area contributed by atoms with Crippen molar-refractivity contribution < 1.29 is 22.7 Å². The SMILES string of the molecule is CCCCOC(=O)NCC1CCCN1CCCN1C(=O)c2ccccc2S1(=O)=O. The zero-order valence-corrected chi connectivity index (χ0v) is 17.6. The Hall–Kier alpha value is -2.13. The molecule has 1 aromatic carbocycles. The van der Waals surface area contributed by atoms with Gasteiger partial charge in [-0.3, -0.25) is 9.69 Å². The minimum atomic E-state index is -3.75. The maximum atomic E-state index is 12.6. The van der Waals surface area contributed by atoms with Gasteiger partial charge in [0.25, 0.3) is 15.9 Å². The number of fused-ring (bicyclic) bond motifs is 1. The summed E-state index contributed by atoms with van der Waals surface area (Å²) in [7, 11) is -3.75. The van der Waals surface area contributed by atoms with Gasteiger partial charge in [0.2, 0.25) is 0 Å². The summed E-state index contributed by atoms with van der Waals surface area (Å²) in [4.78, 5) is 26.5. The number of amides is 2. The normalized spacial score (nSPS) is 20.7. The molecule has 1 atom stereocenters. The molecule has 8 nitrogen and oxygen atoms in total. The highest BCUT2D eigenvalue weighted by molar-refractivity contribution is 7.90. The Labute approximate surface area is 172 Å². The molecule has 0 spiro atoms. The molecule has 2 aliphatic heterocycles. The third-order valence-electron chi connectivity index (χ3n) is 5.43. The third-order valence-corrected chi connectivity index (χ3v) is 7.27. The molecule has 0 aliphatic carbocycles. The minimum Gasteiger partial charge on any atom is -0.450 e. The number of nitrogens with one attached hydrogen (secondary N) is 1. The second-order valence-electron chi connectivity index (χ2n) is 7.43. The highest BCUT2D eigenvalue weighted by Gasteiger charge is 2.40.